The van der Waals surface area contributed by atoms with Gasteiger partial charge in [-0.1, -0.05) is 12.1 Å². The quantitative estimate of drug-likeness (QED) is 0.493. The van der Waals surface area contributed by atoms with Crippen LogP contribution in [-0.2, 0) is 16.9 Å². The number of fused-ring (bicyclic) bond motifs is 1. The largest absolute Gasteiger partial charge is 0.609 e. The molecule has 1 aromatic carbocycles. The minimum Gasteiger partial charge on any atom is -0.609 e. The Kier molecular flexibility index (Phi) is 7.29. The molecule has 2 heterocycles. The molecule has 0 aliphatic heterocycles. The van der Waals surface area contributed by atoms with Crippen LogP contribution in [-0.4, -0.2) is 56.4 Å². The number of amides is 1. The minimum atomic E-state index is -4.48. The fourth-order valence-corrected chi connectivity index (χ4v) is 4.24. The van der Waals surface area contributed by atoms with Gasteiger partial charge in [0, 0.05) is 36.5 Å². The molecule has 0 unspecified atom stereocenters. The zero-order valence-electron chi connectivity index (χ0n) is 17.4. The van der Waals surface area contributed by atoms with Gasteiger partial charge in [0.05, 0.1) is 16.7 Å². The number of rotatable bonds is 7. The maximum Gasteiger partial charge on any atom is 0.422 e. The van der Waals surface area contributed by atoms with Crippen molar-refractivity contribution in [2.75, 3.05) is 20.2 Å². The third-order valence-electron chi connectivity index (χ3n) is 4.57. The van der Waals surface area contributed by atoms with Crippen LogP contribution in [0.3, 0.4) is 0 Å². The lowest BCUT2D eigenvalue weighted by Crippen LogP contribution is -2.33. The summed E-state index contributed by atoms with van der Waals surface area (Å²) >= 11 is -1.82. The second kappa shape index (κ2) is 9.78. The highest BCUT2D eigenvalue weighted by Crippen LogP contribution is 2.27. The molecule has 7 nitrogen and oxygen atoms in total. The Bertz CT molecular complexity index is 1100. The Morgan fingerprint density at radius 3 is 2.75 bits per heavy atom. The van der Waals surface area contributed by atoms with Crippen molar-refractivity contribution in [1.29, 1.82) is 0 Å². The van der Waals surface area contributed by atoms with Crippen molar-refractivity contribution in [3.05, 3.63) is 61.1 Å². The number of halogens is 3. The van der Waals surface area contributed by atoms with E-state index in [1.807, 2.05) is 0 Å². The highest BCUT2D eigenvalue weighted by atomic mass is 32.2. The first-order valence-corrected chi connectivity index (χ1v) is 10.8. The summed E-state index contributed by atoms with van der Waals surface area (Å²) in [5.41, 5.74) is 1.60. The van der Waals surface area contributed by atoms with E-state index in [1.165, 1.54) is 28.7 Å². The fraction of sp³-hybridized carbons (Fsp3) is 0.286. The smallest absolute Gasteiger partial charge is 0.422 e. The van der Waals surface area contributed by atoms with E-state index in [1.54, 1.807) is 37.7 Å². The van der Waals surface area contributed by atoms with Crippen molar-refractivity contribution < 1.29 is 27.3 Å². The predicted molar refractivity (Wildman–Crippen MR) is 113 cm³/mol. The number of nitrogens with zero attached hydrogens (tertiary/aromatic N) is 4. The van der Waals surface area contributed by atoms with Crippen molar-refractivity contribution in [3.8, 4) is 5.75 Å². The maximum atomic E-state index is 13.2. The molecule has 0 bridgehead atoms. The van der Waals surface area contributed by atoms with E-state index in [0.717, 1.165) is 0 Å². The normalized spacial score (nSPS) is 12.7. The van der Waals surface area contributed by atoms with Crippen LogP contribution in [0.15, 0.2) is 41.7 Å². The van der Waals surface area contributed by atoms with E-state index in [2.05, 4.69) is 16.9 Å². The van der Waals surface area contributed by atoms with Gasteiger partial charge < -0.3 is 14.2 Å². The number of hydrogen-bond donors (Lipinski definition) is 0. The Hall–Kier alpha value is -2.79. The van der Waals surface area contributed by atoms with Crippen LogP contribution in [0.1, 0.15) is 11.3 Å². The average Bonchev–Trinajstić information content (AvgIpc) is 3.13. The molecule has 11 heteroatoms. The van der Waals surface area contributed by atoms with E-state index in [9.17, 15) is 22.5 Å². The molecule has 0 N–H and O–H groups in total. The lowest BCUT2D eigenvalue weighted by molar-refractivity contribution is -0.153. The molecule has 0 aliphatic carbocycles. The number of alkyl halides is 3. The Morgan fingerprint density at radius 2 is 2.06 bits per heavy atom. The molecular weight excluding hydrogens is 445 g/mol. The second-order valence-electron chi connectivity index (χ2n) is 6.94. The number of aromatic nitrogens is 3. The number of ether oxygens (including phenoxy) is 1. The fourth-order valence-electron chi connectivity index (χ4n) is 2.99. The number of hydrogen-bond acceptors (Lipinski definition) is 5. The predicted octanol–water partition coefficient (Wildman–Crippen LogP) is 3.93. The van der Waals surface area contributed by atoms with Gasteiger partial charge >= 0.3 is 17.4 Å². The van der Waals surface area contributed by atoms with Crippen molar-refractivity contribution in [3.63, 3.8) is 0 Å². The first kappa shape index (κ1) is 23.9. The van der Waals surface area contributed by atoms with Crippen LogP contribution in [0.2, 0.25) is 0 Å². The monoisotopic (exact) mass is 466 g/mol. The zero-order valence-corrected chi connectivity index (χ0v) is 18.2. The molecule has 3 aromatic rings. The highest BCUT2D eigenvalue weighted by molar-refractivity contribution is 7.90. The summed E-state index contributed by atoms with van der Waals surface area (Å²) in [6.45, 7) is 3.99. The van der Waals surface area contributed by atoms with Crippen molar-refractivity contribution in [2.45, 2.75) is 24.0 Å². The van der Waals surface area contributed by atoms with Crippen LogP contribution in [0, 0.1) is 20.3 Å². The summed E-state index contributed by atoms with van der Waals surface area (Å²) in [5, 5.41) is 0.0231. The van der Waals surface area contributed by atoms with Crippen molar-refractivity contribution >= 4 is 28.2 Å². The summed E-state index contributed by atoms with van der Waals surface area (Å²) in [4.78, 5) is 22.9. The molecule has 170 valence electrons. The highest BCUT2D eigenvalue weighted by Gasteiger charge is 2.31. The Morgan fingerprint density at radius 1 is 1.34 bits per heavy atom. The van der Waals surface area contributed by atoms with Gasteiger partial charge in [-0.15, -0.1) is 0 Å². The summed E-state index contributed by atoms with van der Waals surface area (Å²) in [5.74, 6) is -0.156. The maximum absolute atomic E-state index is 13.2. The van der Waals surface area contributed by atoms with Crippen LogP contribution in [0.4, 0.5) is 18.0 Å². The summed E-state index contributed by atoms with van der Waals surface area (Å²) in [6.07, 6.45) is -1.63. The Labute approximate surface area is 186 Å². The molecule has 0 saturated carbocycles. The number of benzene rings is 1. The lowest BCUT2D eigenvalue weighted by Gasteiger charge is -2.19. The van der Waals surface area contributed by atoms with E-state index < -0.39 is 30.0 Å². The van der Waals surface area contributed by atoms with Crippen LogP contribution < -0.4 is 4.74 Å². The SMILES string of the molecule is [CH2][CH]CN(C)C(=O)n1c([S@+]([O-])Cc2nccc(OCC(F)(F)F)c2C)nc2ccccc21. The van der Waals surface area contributed by atoms with Gasteiger partial charge in [0.2, 0.25) is 0 Å². The molecule has 0 aliphatic rings. The van der Waals surface area contributed by atoms with E-state index in [-0.39, 0.29) is 28.9 Å². The van der Waals surface area contributed by atoms with E-state index >= 15 is 0 Å². The summed E-state index contributed by atoms with van der Waals surface area (Å²) < 4.78 is 56.9. The molecule has 3 rings (SSSR count). The molecule has 32 heavy (non-hydrogen) atoms. The summed E-state index contributed by atoms with van der Waals surface area (Å²) in [7, 11) is 1.58. The number of carbonyl (C=O) groups is 1. The third-order valence-corrected chi connectivity index (χ3v) is 5.79. The molecule has 2 radical (unpaired) electrons. The summed E-state index contributed by atoms with van der Waals surface area (Å²) in [6, 6.07) is 7.75. The van der Waals surface area contributed by atoms with Gasteiger partial charge in [0.25, 0.3) is 0 Å². The van der Waals surface area contributed by atoms with Crippen LogP contribution in [0.5, 0.6) is 5.75 Å². The first-order valence-electron chi connectivity index (χ1n) is 9.48. The van der Waals surface area contributed by atoms with E-state index in [0.29, 0.717) is 16.6 Å². The van der Waals surface area contributed by atoms with Crippen molar-refractivity contribution in [2.24, 2.45) is 0 Å². The molecule has 0 spiro atoms. The standard InChI is InChI=1S/C21H21F3N4O3S/c1-4-11-27(3)20(29)28-17-8-6-5-7-15(17)26-19(28)32(30)12-16-14(2)18(9-10-25-16)31-13-21(22,23)24/h4-10H,1,11-13H2,2-3H3/t32-/m1/s1. The van der Waals surface area contributed by atoms with Crippen LogP contribution in [0.25, 0.3) is 11.0 Å². The van der Waals surface area contributed by atoms with Gasteiger partial charge in [-0.3, -0.25) is 4.98 Å². The number of para-hydroxylation sites is 2. The number of imidazole rings is 1. The molecule has 0 fully saturated rings. The van der Waals surface area contributed by atoms with Crippen LogP contribution >= 0.6 is 0 Å². The average molecular weight is 466 g/mol. The minimum absolute atomic E-state index is 0.000351. The van der Waals surface area contributed by atoms with Gasteiger partial charge in [-0.2, -0.15) is 18.2 Å². The molecule has 1 amide bonds. The third kappa shape index (κ3) is 5.33. The van der Waals surface area contributed by atoms with Gasteiger partial charge in [-0.25, -0.2) is 9.36 Å². The zero-order chi connectivity index (χ0) is 23.5. The molecular formula is C21H21F3N4O3S. The first-order chi connectivity index (χ1) is 15.1. The molecule has 2 aromatic heterocycles. The van der Waals surface area contributed by atoms with E-state index in [4.69, 9.17) is 4.74 Å². The topological polar surface area (TPSA) is 83.3 Å². The molecule has 0 saturated heterocycles. The van der Waals surface area contributed by atoms with Gasteiger partial charge in [-0.05, 0) is 38.5 Å². The number of pyridine rings is 1. The Balaban J connectivity index is 1.93. The molecule has 1 atom stereocenters. The van der Waals surface area contributed by atoms with Crippen molar-refractivity contribution in [1.82, 2.24) is 19.4 Å². The second-order valence-corrected chi connectivity index (χ2v) is 8.29. The van der Waals surface area contributed by atoms with Gasteiger partial charge in [0.15, 0.2) is 12.4 Å². The van der Waals surface area contributed by atoms with Gasteiger partial charge in [0.1, 0.15) is 5.75 Å². The lowest BCUT2D eigenvalue weighted by atomic mass is 10.2. The number of carbonyl (C=O) groups excluding carboxylic acids is 1.